The van der Waals surface area contributed by atoms with Gasteiger partial charge in [-0.3, -0.25) is 0 Å². The van der Waals surface area contributed by atoms with Gasteiger partial charge in [-0.1, -0.05) is 36.0 Å². The van der Waals surface area contributed by atoms with E-state index in [1.165, 1.54) is 16.6 Å². The van der Waals surface area contributed by atoms with Gasteiger partial charge in [-0.2, -0.15) is 4.98 Å². The van der Waals surface area contributed by atoms with Crippen molar-refractivity contribution >= 4 is 34.9 Å². The van der Waals surface area contributed by atoms with Crippen molar-refractivity contribution in [3.63, 3.8) is 0 Å². The van der Waals surface area contributed by atoms with Crippen LogP contribution in [-0.2, 0) is 0 Å². The average Bonchev–Trinajstić information content (AvgIpc) is 3.08. The monoisotopic (exact) mass is 354 g/mol. The lowest BCUT2D eigenvalue weighted by Gasteiger charge is -2.15. The van der Waals surface area contributed by atoms with E-state index in [4.69, 9.17) is 4.74 Å². The van der Waals surface area contributed by atoms with Crippen LogP contribution in [0.15, 0.2) is 53.0 Å². The van der Waals surface area contributed by atoms with Gasteiger partial charge in [0.05, 0.1) is 0 Å². The molecule has 0 saturated heterocycles. The van der Waals surface area contributed by atoms with E-state index in [1.807, 2.05) is 54.1 Å². The molecular formula is C17H14N4OS2. The second kappa shape index (κ2) is 6.62. The van der Waals surface area contributed by atoms with Gasteiger partial charge < -0.3 is 10.1 Å². The fraction of sp³-hybridized carbons (Fsp3) is 0.118. The minimum atomic E-state index is -0.332. The Labute approximate surface area is 147 Å². The third-order valence-electron chi connectivity index (χ3n) is 3.51. The summed E-state index contributed by atoms with van der Waals surface area (Å²) < 4.78 is 6.06. The lowest BCUT2D eigenvalue weighted by atomic mass is 10.1. The van der Waals surface area contributed by atoms with E-state index in [1.54, 1.807) is 11.3 Å². The fourth-order valence-electron chi connectivity index (χ4n) is 2.41. The van der Waals surface area contributed by atoms with Crippen molar-refractivity contribution in [2.45, 2.75) is 11.4 Å². The maximum atomic E-state index is 6.06. The van der Waals surface area contributed by atoms with E-state index in [-0.39, 0.29) is 6.23 Å². The van der Waals surface area contributed by atoms with E-state index >= 15 is 0 Å². The zero-order chi connectivity index (χ0) is 16.4. The Kier molecular flexibility index (Phi) is 4.18. The van der Waals surface area contributed by atoms with Crippen LogP contribution in [0.5, 0.6) is 5.88 Å². The zero-order valence-electron chi connectivity index (χ0n) is 12.8. The number of fused-ring (bicyclic) bond motifs is 3. The minimum Gasteiger partial charge on any atom is -0.448 e. The van der Waals surface area contributed by atoms with Gasteiger partial charge in [0.2, 0.25) is 11.0 Å². The molecule has 0 bridgehead atoms. The number of hydrogen-bond acceptors (Lipinski definition) is 7. The number of thioether (sulfide) groups is 1. The number of anilines is 1. The summed E-state index contributed by atoms with van der Waals surface area (Å²) in [4.78, 5) is 5.65. The SMILES string of the molecule is CSc1nnc2c(n1)O[C@H](/C=C/c1cccs1)Nc1ccccc1-2. The largest absolute Gasteiger partial charge is 0.448 e. The normalized spacial score (nSPS) is 16.0. The molecule has 0 amide bonds. The van der Waals surface area contributed by atoms with E-state index in [2.05, 4.69) is 26.6 Å². The molecule has 2 aromatic heterocycles. The summed E-state index contributed by atoms with van der Waals surface area (Å²) in [6.07, 6.45) is 5.61. The Hall–Kier alpha value is -2.38. The molecule has 1 aliphatic heterocycles. The highest BCUT2D eigenvalue weighted by atomic mass is 32.2. The maximum Gasteiger partial charge on any atom is 0.247 e. The molecule has 1 atom stereocenters. The predicted octanol–water partition coefficient (Wildman–Crippen LogP) is 4.17. The number of nitrogens with one attached hydrogen (secondary N) is 1. The van der Waals surface area contributed by atoms with Crippen LogP contribution in [-0.4, -0.2) is 27.7 Å². The van der Waals surface area contributed by atoms with Gasteiger partial charge in [0.25, 0.3) is 0 Å². The first-order chi connectivity index (χ1) is 11.8. The third kappa shape index (κ3) is 3.00. The molecule has 0 radical (unpaired) electrons. The summed E-state index contributed by atoms with van der Waals surface area (Å²) in [7, 11) is 0. The first kappa shape index (κ1) is 15.2. The summed E-state index contributed by atoms with van der Waals surface area (Å²) in [5.41, 5.74) is 2.54. The van der Waals surface area contributed by atoms with Gasteiger partial charge in [-0.25, -0.2) is 0 Å². The number of nitrogens with zero attached hydrogens (tertiary/aromatic N) is 3. The summed E-state index contributed by atoms with van der Waals surface area (Å²) in [5.74, 6) is 0.493. The Bertz CT molecular complexity index is 880. The number of aromatic nitrogens is 3. The smallest absolute Gasteiger partial charge is 0.247 e. The van der Waals surface area contributed by atoms with Crippen LogP contribution >= 0.6 is 23.1 Å². The van der Waals surface area contributed by atoms with Gasteiger partial charge >= 0.3 is 0 Å². The molecule has 3 heterocycles. The number of ether oxygens (including phenoxy) is 1. The topological polar surface area (TPSA) is 59.9 Å². The van der Waals surface area contributed by atoms with Gasteiger partial charge in [-0.05, 0) is 35.9 Å². The first-order valence-corrected chi connectivity index (χ1v) is 9.47. The van der Waals surface area contributed by atoms with Crippen molar-refractivity contribution < 1.29 is 4.74 Å². The van der Waals surface area contributed by atoms with Crippen LogP contribution in [0.4, 0.5) is 5.69 Å². The van der Waals surface area contributed by atoms with E-state index in [9.17, 15) is 0 Å². The second-order valence-electron chi connectivity index (χ2n) is 5.06. The standard InChI is InChI=1S/C17H14N4OS2/c1-23-17-19-16-15(20-21-17)12-6-2-3-7-13(12)18-14(22-16)9-8-11-5-4-10-24-11/h2-10,14,18H,1H3/b9-8+/t14-/m1/s1. The van der Waals surface area contributed by atoms with Crippen LogP contribution in [0, 0.1) is 0 Å². The van der Waals surface area contributed by atoms with Crippen LogP contribution in [0.2, 0.25) is 0 Å². The maximum absolute atomic E-state index is 6.06. The highest BCUT2D eigenvalue weighted by molar-refractivity contribution is 7.98. The molecule has 0 spiro atoms. The molecule has 1 aromatic carbocycles. The molecule has 1 aliphatic rings. The Morgan fingerprint density at radius 1 is 1.21 bits per heavy atom. The van der Waals surface area contributed by atoms with Gasteiger partial charge in [0.1, 0.15) is 0 Å². The molecule has 0 saturated carbocycles. The van der Waals surface area contributed by atoms with E-state index in [0.29, 0.717) is 16.7 Å². The van der Waals surface area contributed by atoms with Crippen molar-refractivity contribution in [1.82, 2.24) is 15.2 Å². The van der Waals surface area contributed by atoms with Crippen LogP contribution < -0.4 is 10.1 Å². The molecule has 5 nitrogen and oxygen atoms in total. The molecule has 0 unspecified atom stereocenters. The number of rotatable bonds is 3. The molecule has 0 fully saturated rings. The van der Waals surface area contributed by atoms with Crippen molar-refractivity contribution in [2.75, 3.05) is 11.6 Å². The second-order valence-corrected chi connectivity index (χ2v) is 6.81. The lowest BCUT2D eigenvalue weighted by Crippen LogP contribution is -2.23. The van der Waals surface area contributed by atoms with Crippen molar-refractivity contribution in [3.8, 4) is 17.1 Å². The van der Waals surface area contributed by atoms with E-state index < -0.39 is 0 Å². The summed E-state index contributed by atoms with van der Waals surface area (Å²) >= 11 is 3.12. The molecule has 24 heavy (non-hydrogen) atoms. The molecular weight excluding hydrogens is 340 g/mol. The number of benzene rings is 1. The summed E-state index contributed by atoms with van der Waals surface area (Å²) in [6, 6.07) is 12.0. The Balaban J connectivity index is 1.75. The summed E-state index contributed by atoms with van der Waals surface area (Å²) in [5, 5.41) is 14.5. The molecule has 4 rings (SSSR count). The molecule has 1 N–H and O–H groups in total. The molecule has 0 aliphatic carbocycles. The molecule has 7 heteroatoms. The van der Waals surface area contributed by atoms with E-state index in [0.717, 1.165) is 11.3 Å². The fourth-order valence-corrected chi connectivity index (χ4v) is 3.33. The van der Waals surface area contributed by atoms with Gasteiger partial charge in [0, 0.05) is 16.1 Å². The molecule has 3 aromatic rings. The quantitative estimate of drug-likeness (QED) is 0.713. The number of hydrogen-bond donors (Lipinski definition) is 1. The van der Waals surface area contributed by atoms with Gasteiger partial charge in [0.15, 0.2) is 11.9 Å². The van der Waals surface area contributed by atoms with Crippen LogP contribution in [0.1, 0.15) is 4.88 Å². The van der Waals surface area contributed by atoms with Gasteiger partial charge in [-0.15, -0.1) is 21.5 Å². The lowest BCUT2D eigenvalue weighted by molar-refractivity contribution is 0.266. The highest BCUT2D eigenvalue weighted by Gasteiger charge is 2.23. The number of thiophene rings is 1. The Morgan fingerprint density at radius 3 is 2.96 bits per heavy atom. The number of para-hydroxylation sites is 1. The van der Waals surface area contributed by atoms with Crippen molar-refractivity contribution in [1.29, 1.82) is 0 Å². The van der Waals surface area contributed by atoms with Crippen molar-refractivity contribution in [2.24, 2.45) is 0 Å². The zero-order valence-corrected chi connectivity index (χ0v) is 14.5. The Morgan fingerprint density at radius 2 is 2.12 bits per heavy atom. The predicted molar refractivity (Wildman–Crippen MR) is 98.4 cm³/mol. The molecule has 120 valence electrons. The third-order valence-corrected chi connectivity index (χ3v) is 4.89. The summed E-state index contributed by atoms with van der Waals surface area (Å²) in [6.45, 7) is 0. The van der Waals surface area contributed by atoms with Crippen molar-refractivity contribution in [3.05, 3.63) is 52.7 Å². The first-order valence-electron chi connectivity index (χ1n) is 7.36. The van der Waals surface area contributed by atoms with Crippen LogP contribution in [0.25, 0.3) is 17.3 Å². The highest BCUT2D eigenvalue weighted by Crippen LogP contribution is 2.36. The van der Waals surface area contributed by atoms with Crippen LogP contribution in [0.3, 0.4) is 0 Å². The minimum absolute atomic E-state index is 0.332. The average molecular weight is 354 g/mol.